The van der Waals surface area contributed by atoms with Crippen molar-refractivity contribution in [3.8, 4) is 11.3 Å². The first-order valence-corrected chi connectivity index (χ1v) is 9.61. The molecule has 7 heteroatoms. The number of hydrogen-bond acceptors (Lipinski definition) is 6. The second-order valence-electron chi connectivity index (χ2n) is 6.18. The molecule has 0 aliphatic carbocycles. The number of para-hydroxylation sites is 1. The van der Waals surface area contributed by atoms with Crippen LogP contribution in [0, 0.1) is 0 Å². The maximum Gasteiger partial charge on any atom is 0.251 e. The number of nitrogens with one attached hydrogen (secondary N) is 1. The molecule has 0 atom stereocenters. The van der Waals surface area contributed by atoms with Crippen molar-refractivity contribution in [2.45, 2.75) is 0 Å². The second kappa shape index (κ2) is 6.79. The third-order valence-electron chi connectivity index (χ3n) is 4.33. The lowest BCUT2D eigenvalue weighted by molar-refractivity contribution is 0.106. The summed E-state index contributed by atoms with van der Waals surface area (Å²) >= 11 is 1.39. The topological polar surface area (TPSA) is 62.5 Å². The normalized spacial score (nSPS) is 12.9. The Balaban J connectivity index is 1.61. The fraction of sp³-hybridized carbons (Fsp3) is 0. The Kier molecular flexibility index (Phi) is 3.99. The molecule has 0 bridgehead atoms. The van der Waals surface area contributed by atoms with Gasteiger partial charge in [-0.2, -0.15) is 5.01 Å². The van der Waals surface area contributed by atoms with Gasteiger partial charge in [0.05, 0.1) is 22.5 Å². The van der Waals surface area contributed by atoms with Gasteiger partial charge in [0, 0.05) is 5.56 Å². The number of anilines is 2. The van der Waals surface area contributed by atoms with Crippen LogP contribution in [0.3, 0.4) is 0 Å². The number of thiophene rings is 1. The van der Waals surface area contributed by atoms with Crippen LogP contribution in [0.2, 0.25) is 0 Å². The van der Waals surface area contributed by atoms with Crippen LogP contribution in [0.15, 0.2) is 89.5 Å². The lowest BCUT2D eigenvalue weighted by Crippen LogP contribution is -2.37. The van der Waals surface area contributed by atoms with E-state index in [1.54, 1.807) is 15.8 Å². The summed E-state index contributed by atoms with van der Waals surface area (Å²) in [5.41, 5.74) is 5.71. The Hall–Kier alpha value is -3.71. The molecule has 0 saturated carbocycles. The Morgan fingerprint density at radius 1 is 0.929 bits per heavy atom. The molecule has 0 saturated heterocycles. The summed E-state index contributed by atoms with van der Waals surface area (Å²) in [6.07, 6.45) is 1.87. The molecule has 1 aliphatic rings. The van der Waals surface area contributed by atoms with Crippen molar-refractivity contribution in [2.24, 2.45) is 5.10 Å². The molecular weight excluding hydrogens is 370 g/mol. The number of amidine groups is 1. The number of nitrogens with zero attached hydrogens (tertiary/aromatic N) is 4. The highest BCUT2D eigenvalue weighted by molar-refractivity contribution is 7.13. The van der Waals surface area contributed by atoms with Crippen molar-refractivity contribution in [2.75, 3.05) is 10.4 Å². The van der Waals surface area contributed by atoms with Gasteiger partial charge in [0.1, 0.15) is 0 Å². The van der Waals surface area contributed by atoms with Crippen LogP contribution >= 0.6 is 11.3 Å². The molecule has 1 N–H and O–H groups in total. The lowest BCUT2D eigenvalue weighted by atomic mass is 10.2. The number of hydrogen-bond donors (Lipinski definition) is 1. The molecule has 0 unspecified atom stereocenters. The molecule has 1 aliphatic heterocycles. The molecule has 0 radical (unpaired) electrons. The number of carbonyl (C=O) groups is 1. The van der Waals surface area contributed by atoms with Crippen LogP contribution in [0.4, 0.5) is 11.6 Å². The van der Waals surface area contributed by atoms with Gasteiger partial charge in [0.25, 0.3) is 5.95 Å². The van der Waals surface area contributed by atoms with E-state index in [1.165, 1.54) is 11.3 Å². The number of imidazole rings is 1. The zero-order valence-electron chi connectivity index (χ0n) is 14.7. The highest BCUT2D eigenvalue weighted by Crippen LogP contribution is 2.30. The fourth-order valence-corrected chi connectivity index (χ4v) is 3.66. The summed E-state index contributed by atoms with van der Waals surface area (Å²) in [5, 5.41) is 8.13. The Labute approximate surface area is 165 Å². The molecule has 2 aromatic carbocycles. The Morgan fingerprint density at radius 2 is 1.68 bits per heavy atom. The fourth-order valence-electron chi connectivity index (χ4n) is 2.99. The summed E-state index contributed by atoms with van der Waals surface area (Å²) in [5.74, 6) is 0.681. The molecule has 2 aromatic heterocycles. The molecule has 0 fully saturated rings. The zero-order chi connectivity index (χ0) is 18.9. The first-order valence-electron chi connectivity index (χ1n) is 8.73. The van der Waals surface area contributed by atoms with Gasteiger partial charge >= 0.3 is 0 Å². The van der Waals surface area contributed by atoms with Crippen LogP contribution in [-0.4, -0.2) is 21.3 Å². The third-order valence-corrected chi connectivity index (χ3v) is 5.20. The summed E-state index contributed by atoms with van der Waals surface area (Å²) in [6, 6.07) is 23.2. The van der Waals surface area contributed by atoms with E-state index in [0.717, 1.165) is 16.9 Å². The van der Waals surface area contributed by atoms with Crippen LogP contribution in [-0.2, 0) is 0 Å². The molecule has 6 nitrogen and oxygen atoms in total. The van der Waals surface area contributed by atoms with E-state index in [4.69, 9.17) is 4.98 Å². The maximum absolute atomic E-state index is 12.9. The molecule has 136 valence electrons. The number of rotatable bonds is 4. The van der Waals surface area contributed by atoms with Crippen LogP contribution in [0.1, 0.15) is 9.67 Å². The third kappa shape index (κ3) is 2.87. The lowest BCUT2D eigenvalue weighted by Gasteiger charge is -2.25. The van der Waals surface area contributed by atoms with Gasteiger partial charge in [0.15, 0.2) is 0 Å². The first-order chi connectivity index (χ1) is 13.8. The number of benzene rings is 2. The van der Waals surface area contributed by atoms with Gasteiger partial charge in [-0.3, -0.25) is 10.2 Å². The number of Topliss-reactive ketones (excluding diaryl/α,β-unsaturated/α-hetero) is 1. The molecular formula is C21H15N5OS. The quantitative estimate of drug-likeness (QED) is 0.525. The van der Waals surface area contributed by atoms with E-state index in [-0.39, 0.29) is 11.6 Å². The summed E-state index contributed by atoms with van der Waals surface area (Å²) in [7, 11) is 0. The Morgan fingerprint density at radius 3 is 2.39 bits per heavy atom. The van der Waals surface area contributed by atoms with Gasteiger partial charge in [-0.05, 0) is 23.6 Å². The minimum absolute atomic E-state index is 0.156. The monoisotopic (exact) mass is 385 g/mol. The van der Waals surface area contributed by atoms with Gasteiger partial charge < -0.3 is 0 Å². The van der Waals surface area contributed by atoms with Crippen molar-refractivity contribution < 1.29 is 4.79 Å². The molecule has 28 heavy (non-hydrogen) atoms. The first kappa shape index (κ1) is 16.5. The largest absolute Gasteiger partial charge is 0.284 e. The standard InChI is InChI=1S/C21H15N5OS/c27-19(18-12-7-13-28-18)20-23-25-14-17(15-8-3-1-4-9-15)22-21(25)26(24-20)16-10-5-2-6-11-16/h1-14H,(H,23,24). The van der Waals surface area contributed by atoms with E-state index in [1.807, 2.05) is 78.3 Å². The smallest absolute Gasteiger partial charge is 0.251 e. The van der Waals surface area contributed by atoms with Crippen molar-refractivity contribution in [1.82, 2.24) is 9.66 Å². The average molecular weight is 385 g/mol. The molecule has 3 heterocycles. The van der Waals surface area contributed by atoms with Crippen molar-refractivity contribution in [1.29, 1.82) is 0 Å². The Bertz CT molecular complexity index is 1150. The number of ketones is 1. The van der Waals surface area contributed by atoms with Crippen molar-refractivity contribution in [3.05, 3.63) is 89.3 Å². The summed E-state index contributed by atoms with van der Waals surface area (Å²) in [4.78, 5) is 18.3. The van der Waals surface area contributed by atoms with Gasteiger partial charge in [0.2, 0.25) is 11.6 Å². The number of hydrazone groups is 1. The second-order valence-corrected chi connectivity index (χ2v) is 7.12. The highest BCUT2D eigenvalue weighted by atomic mass is 32.1. The van der Waals surface area contributed by atoms with E-state index in [0.29, 0.717) is 10.8 Å². The number of aromatic nitrogens is 2. The van der Waals surface area contributed by atoms with E-state index < -0.39 is 0 Å². The predicted molar refractivity (Wildman–Crippen MR) is 112 cm³/mol. The maximum atomic E-state index is 12.9. The van der Waals surface area contributed by atoms with Crippen LogP contribution < -0.4 is 10.4 Å². The summed E-state index contributed by atoms with van der Waals surface area (Å²) in [6.45, 7) is 0. The van der Waals surface area contributed by atoms with Gasteiger partial charge in [-0.25, -0.2) is 9.66 Å². The van der Waals surface area contributed by atoms with E-state index >= 15 is 0 Å². The molecule has 4 aromatic rings. The van der Waals surface area contributed by atoms with E-state index in [9.17, 15) is 4.79 Å². The summed E-state index contributed by atoms with van der Waals surface area (Å²) < 4.78 is 1.74. The average Bonchev–Trinajstić information content (AvgIpc) is 3.44. The zero-order valence-corrected chi connectivity index (χ0v) is 15.5. The minimum Gasteiger partial charge on any atom is -0.284 e. The van der Waals surface area contributed by atoms with Crippen molar-refractivity contribution in [3.63, 3.8) is 0 Å². The predicted octanol–water partition coefficient (Wildman–Crippen LogP) is 4.50. The van der Waals surface area contributed by atoms with Gasteiger partial charge in [-0.15, -0.1) is 16.4 Å². The highest BCUT2D eigenvalue weighted by Gasteiger charge is 2.27. The van der Waals surface area contributed by atoms with Crippen LogP contribution in [0.25, 0.3) is 11.3 Å². The molecule has 0 spiro atoms. The number of carbonyl (C=O) groups excluding carboxylic acids is 1. The SMILES string of the molecule is O=C(C1=NN(c2ccccc2)c2nc(-c3ccccc3)cn2N1)c1cccs1. The van der Waals surface area contributed by atoms with E-state index in [2.05, 4.69) is 10.5 Å². The van der Waals surface area contributed by atoms with Crippen molar-refractivity contribution >= 4 is 34.6 Å². The van der Waals surface area contributed by atoms with Gasteiger partial charge in [-0.1, -0.05) is 54.6 Å². The van der Waals surface area contributed by atoms with Crippen LogP contribution in [0.5, 0.6) is 0 Å². The minimum atomic E-state index is -0.156. The molecule has 5 rings (SSSR count). The number of fused-ring (bicyclic) bond motifs is 1. The molecule has 0 amide bonds.